The van der Waals surface area contributed by atoms with Crippen molar-refractivity contribution in [2.75, 3.05) is 0 Å². The first kappa shape index (κ1) is 19.2. The molecule has 1 nitrogen and oxygen atoms in total. The highest BCUT2D eigenvalue weighted by atomic mass is 28.4. The van der Waals surface area contributed by atoms with Crippen LogP contribution in [0, 0.1) is 5.92 Å². The van der Waals surface area contributed by atoms with Crippen LogP contribution in [-0.2, 0) is 4.43 Å². The Kier molecular flexibility index (Phi) is 10.1. The van der Waals surface area contributed by atoms with Crippen LogP contribution in [0.25, 0.3) is 0 Å². The summed E-state index contributed by atoms with van der Waals surface area (Å²) < 4.78 is 6.49. The van der Waals surface area contributed by atoms with Crippen molar-refractivity contribution in [2.45, 2.75) is 104 Å². The molecule has 0 N–H and O–H groups in total. The van der Waals surface area contributed by atoms with Crippen molar-refractivity contribution in [2.24, 2.45) is 5.92 Å². The number of rotatable bonds is 11. The zero-order valence-electron chi connectivity index (χ0n) is 14.6. The summed E-state index contributed by atoms with van der Waals surface area (Å²) in [7, 11) is -1.47. The van der Waals surface area contributed by atoms with Gasteiger partial charge in [0.1, 0.15) is 0 Å². The lowest BCUT2D eigenvalue weighted by Gasteiger charge is -2.32. The minimum atomic E-state index is -1.47. The third-order valence-electron chi connectivity index (χ3n) is 4.76. The lowest BCUT2D eigenvalue weighted by molar-refractivity contribution is 0.161. The second-order valence-corrected chi connectivity index (χ2v) is 11.5. The highest BCUT2D eigenvalue weighted by Gasteiger charge is 2.29. The van der Waals surface area contributed by atoms with Crippen molar-refractivity contribution in [3.63, 3.8) is 0 Å². The first-order valence-electron chi connectivity index (χ1n) is 8.55. The average Bonchev–Trinajstić information content (AvgIpc) is 2.37. The van der Waals surface area contributed by atoms with E-state index in [-0.39, 0.29) is 0 Å². The third kappa shape index (κ3) is 8.14. The largest absolute Gasteiger partial charge is 0.414 e. The summed E-state index contributed by atoms with van der Waals surface area (Å²) in [6.45, 7) is 16.3. The van der Waals surface area contributed by atoms with Crippen LogP contribution in [0.2, 0.25) is 18.6 Å². The first-order chi connectivity index (χ1) is 8.87. The van der Waals surface area contributed by atoms with E-state index in [1.54, 1.807) is 0 Å². The van der Waals surface area contributed by atoms with Crippen LogP contribution in [0.4, 0.5) is 0 Å². The van der Waals surface area contributed by atoms with Crippen LogP contribution < -0.4 is 0 Å². The Balaban J connectivity index is 4.18. The molecule has 0 rings (SSSR count). The number of hydrogen-bond acceptors (Lipinski definition) is 1. The van der Waals surface area contributed by atoms with Crippen LogP contribution in [0.5, 0.6) is 0 Å². The monoisotopic (exact) mass is 286 g/mol. The quantitative estimate of drug-likeness (QED) is 0.400. The summed E-state index contributed by atoms with van der Waals surface area (Å²) in [5, 5.41) is 0. The normalized spacial score (nSPS) is 15.8. The zero-order chi connectivity index (χ0) is 14.9. The Hall–Kier alpha value is 0.177. The van der Waals surface area contributed by atoms with Gasteiger partial charge in [-0.2, -0.15) is 0 Å². The van der Waals surface area contributed by atoms with E-state index in [2.05, 4.69) is 47.7 Å². The fraction of sp³-hybridized carbons (Fsp3) is 1.00. The van der Waals surface area contributed by atoms with Crippen LogP contribution in [-0.4, -0.2) is 14.4 Å². The molecule has 2 atom stereocenters. The summed E-state index contributed by atoms with van der Waals surface area (Å²) in [4.78, 5) is 0. The van der Waals surface area contributed by atoms with Crippen LogP contribution in [0.1, 0.15) is 79.6 Å². The van der Waals surface area contributed by atoms with Crippen molar-refractivity contribution >= 4 is 8.32 Å². The van der Waals surface area contributed by atoms with Crippen molar-refractivity contribution in [3.05, 3.63) is 0 Å². The third-order valence-corrected chi connectivity index (χ3v) is 8.48. The molecule has 0 spiro atoms. The fourth-order valence-electron chi connectivity index (χ4n) is 2.38. The molecule has 2 unspecified atom stereocenters. The van der Waals surface area contributed by atoms with E-state index < -0.39 is 8.32 Å². The van der Waals surface area contributed by atoms with Crippen molar-refractivity contribution in [3.8, 4) is 0 Å². The van der Waals surface area contributed by atoms with Gasteiger partial charge in [0.2, 0.25) is 0 Å². The molecule has 0 amide bonds. The average molecular weight is 287 g/mol. The molecular weight excluding hydrogens is 248 g/mol. The molecule has 19 heavy (non-hydrogen) atoms. The summed E-state index contributed by atoms with van der Waals surface area (Å²) in [5.41, 5.74) is 0.712. The Bertz CT molecular complexity index is 213. The van der Waals surface area contributed by atoms with E-state index in [0.717, 1.165) is 5.92 Å². The van der Waals surface area contributed by atoms with E-state index in [4.69, 9.17) is 4.43 Å². The Morgan fingerprint density at radius 1 is 0.895 bits per heavy atom. The SMILES string of the molecule is CCCCC(CC)CCC(CC)O[Si](C)(C)C(C)C. The predicted molar refractivity (Wildman–Crippen MR) is 90.3 cm³/mol. The molecule has 0 saturated heterocycles. The molecule has 0 saturated carbocycles. The van der Waals surface area contributed by atoms with Gasteiger partial charge in [-0.3, -0.25) is 0 Å². The highest BCUT2D eigenvalue weighted by molar-refractivity contribution is 6.72. The van der Waals surface area contributed by atoms with Gasteiger partial charge in [-0.25, -0.2) is 0 Å². The van der Waals surface area contributed by atoms with Gasteiger partial charge in [0.15, 0.2) is 8.32 Å². The van der Waals surface area contributed by atoms with E-state index in [9.17, 15) is 0 Å². The van der Waals surface area contributed by atoms with Gasteiger partial charge in [0.25, 0.3) is 0 Å². The second-order valence-electron chi connectivity index (χ2n) is 6.90. The van der Waals surface area contributed by atoms with Crippen LogP contribution in [0.3, 0.4) is 0 Å². The molecule has 0 aliphatic carbocycles. The standard InChI is InChI=1S/C17H38OSi/c1-8-11-12-16(9-2)13-14-17(10-3)18-19(6,7)15(4)5/h15-17H,8-14H2,1-7H3. The maximum Gasteiger partial charge on any atom is 0.189 e. The molecule has 0 aromatic heterocycles. The zero-order valence-corrected chi connectivity index (χ0v) is 15.6. The predicted octanol–water partition coefficient (Wildman–Crippen LogP) is 6.39. The molecule has 0 heterocycles. The Morgan fingerprint density at radius 3 is 1.95 bits per heavy atom. The summed E-state index contributed by atoms with van der Waals surface area (Å²) in [6.07, 6.45) is 9.77. The minimum absolute atomic E-state index is 0.500. The number of hydrogen-bond donors (Lipinski definition) is 0. The molecule has 0 aliphatic heterocycles. The van der Waals surface area contributed by atoms with Crippen molar-refractivity contribution in [1.82, 2.24) is 0 Å². The molecule has 116 valence electrons. The molecule has 0 fully saturated rings. The second kappa shape index (κ2) is 9.98. The topological polar surface area (TPSA) is 9.23 Å². The van der Waals surface area contributed by atoms with Gasteiger partial charge in [0, 0.05) is 6.10 Å². The maximum atomic E-state index is 6.49. The Labute approximate surface area is 123 Å². The van der Waals surface area contributed by atoms with E-state index in [1.807, 2.05) is 0 Å². The summed E-state index contributed by atoms with van der Waals surface area (Å²) in [6, 6.07) is 0. The van der Waals surface area contributed by atoms with E-state index >= 15 is 0 Å². The molecule has 2 heteroatoms. The molecule has 0 aliphatic rings. The van der Waals surface area contributed by atoms with Crippen molar-refractivity contribution in [1.29, 1.82) is 0 Å². The molecule has 0 bridgehead atoms. The molecule has 0 aromatic carbocycles. The summed E-state index contributed by atoms with van der Waals surface area (Å²) >= 11 is 0. The van der Waals surface area contributed by atoms with Gasteiger partial charge in [-0.1, -0.05) is 60.3 Å². The van der Waals surface area contributed by atoms with Gasteiger partial charge < -0.3 is 4.43 Å². The van der Waals surface area contributed by atoms with Crippen LogP contribution >= 0.6 is 0 Å². The van der Waals surface area contributed by atoms with Gasteiger partial charge in [0.05, 0.1) is 0 Å². The smallest absolute Gasteiger partial charge is 0.189 e. The molecule has 0 radical (unpaired) electrons. The number of unbranched alkanes of at least 4 members (excludes halogenated alkanes) is 1. The molecule has 0 aromatic rings. The van der Waals surface area contributed by atoms with Gasteiger partial charge in [-0.15, -0.1) is 0 Å². The highest BCUT2D eigenvalue weighted by Crippen LogP contribution is 2.27. The first-order valence-corrected chi connectivity index (χ1v) is 11.5. The van der Waals surface area contributed by atoms with Crippen LogP contribution in [0.15, 0.2) is 0 Å². The van der Waals surface area contributed by atoms with Gasteiger partial charge in [-0.05, 0) is 43.8 Å². The maximum absolute atomic E-state index is 6.49. The molecular formula is C17H38OSi. The fourth-order valence-corrected chi connectivity index (χ4v) is 3.79. The van der Waals surface area contributed by atoms with E-state index in [0.29, 0.717) is 11.6 Å². The van der Waals surface area contributed by atoms with Crippen molar-refractivity contribution < 1.29 is 4.43 Å². The lowest BCUT2D eigenvalue weighted by atomic mass is 9.93. The lowest BCUT2D eigenvalue weighted by Crippen LogP contribution is -2.38. The van der Waals surface area contributed by atoms with Gasteiger partial charge >= 0.3 is 0 Å². The van der Waals surface area contributed by atoms with E-state index in [1.165, 1.54) is 44.9 Å². The minimum Gasteiger partial charge on any atom is -0.414 e. The summed E-state index contributed by atoms with van der Waals surface area (Å²) in [5.74, 6) is 0.918. The Morgan fingerprint density at radius 2 is 1.53 bits per heavy atom.